The number of halogens is 3. The standard InChI is InChI=1S/C12H16F3N3O2S/c1-2-20-11(19)8-9(16)17-21-10(8)18-5-3-4-7(6-18)12(13,14)15/h7H,2-6H2,1H3,(H2,16,17). The molecule has 0 amide bonds. The molecular formula is C12H16F3N3O2S. The first-order chi connectivity index (χ1) is 9.84. The summed E-state index contributed by atoms with van der Waals surface area (Å²) in [5, 5.41) is 0.361. The lowest BCUT2D eigenvalue weighted by Crippen LogP contribution is -2.42. The summed E-state index contributed by atoms with van der Waals surface area (Å²) in [6, 6.07) is 0. The molecule has 5 nitrogen and oxygen atoms in total. The van der Waals surface area contributed by atoms with Gasteiger partial charge >= 0.3 is 12.1 Å². The SMILES string of the molecule is CCOC(=O)c1c(N)nsc1N1CCCC(C(F)(F)F)C1. The molecule has 1 atom stereocenters. The van der Waals surface area contributed by atoms with Gasteiger partial charge in [0.2, 0.25) is 0 Å². The Hall–Kier alpha value is -1.51. The second-order valence-electron chi connectivity index (χ2n) is 4.80. The zero-order valence-electron chi connectivity index (χ0n) is 11.4. The lowest BCUT2D eigenvalue weighted by atomic mass is 9.97. The van der Waals surface area contributed by atoms with Crippen molar-refractivity contribution >= 4 is 28.3 Å². The maximum absolute atomic E-state index is 12.9. The third-order valence-electron chi connectivity index (χ3n) is 3.35. The van der Waals surface area contributed by atoms with Crippen molar-refractivity contribution in [1.29, 1.82) is 0 Å². The van der Waals surface area contributed by atoms with Gasteiger partial charge in [0.1, 0.15) is 10.6 Å². The fourth-order valence-corrected chi connectivity index (χ4v) is 3.17. The number of alkyl halides is 3. The minimum absolute atomic E-state index is 0.00239. The van der Waals surface area contributed by atoms with Crippen LogP contribution in [-0.4, -0.2) is 36.2 Å². The summed E-state index contributed by atoms with van der Waals surface area (Å²) in [6.07, 6.45) is -3.73. The molecule has 0 radical (unpaired) electrons. The number of carbonyl (C=O) groups excluding carboxylic acids is 1. The molecule has 2 heterocycles. The van der Waals surface area contributed by atoms with E-state index in [9.17, 15) is 18.0 Å². The number of nitrogen functional groups attached to an aromatic ring is 1. The summed E-state index contributed by atoms with van der Waals surface area (Å²) in [5.74, 6) is -2.04. The molecule has 21 heavy (non-hydrogen) atoms. The van der Waals surface area contributed by atoms with Crippen molar-refractivity contribution in [3.63, 3.8) is 0 Å². The molecule has 1 aliphatic rings. The van der Waals surface area contributed by atoms with Crippen molar-refractivity contribution in [2.24, 2.45) is 5.92 Å². The summed E-state index contributed by atoms with van der Waals surface area (Å²) in [7, 11) is 0. The lowest BCUT2D eigenvalue weighted by molar-refractivity contribution is -0.175. The van der Waals surface area contributed by atoms with E-state index < -0.39 is 18.1 Å². The molecule has 0 spiro atoms. The zero-order chi connectivity index (χ0) is 15.6. The topological polar surface area (TPSA) is 68.5 Å². The maximum atomic E-state index is 12.9. The highest BCUT2D eigenvalue weighted by molar-refractivity contribution is 7.11. The number of nitrogens with two attached hydrogens (primary N) is 1. The fourth-order valence-electron chi connectivity index (χ4n) is 2.33. The quantitative estimate of drug-likeness (QED) is 0.866. The molecule has 0 bridgehead atoms. The van der Waals surface area contributed by atoms with Gasteiger partial charge in [-0.3, -0.25) is 0 Å². The van der Waals surface area contributed by atoms with Crippen LogP contribution in [-0.2, 0) is 4.74 Å². The van der Waals surface area contributed by atoms with Gasteiger partial charge in [-0.15, -0.1) is 0 Å². The molecule has 0 saturated carbocycles. The van der Waals surface area contributed by atoms with Crippen LogP contribution in [0, 0.1) is 5.92 Å². The molecule has 2 N–H and O–H groups in total. The highest BCUT2D eigenvalue weighted by Gasteiger charge is 2.42. The van der Waals surface area contributed by atoms with Gasteiger partial charge in [-0.1, -0.05) is 0 Å². The smallest absolute Gasteiger partial charge is 0.393 e. The molecule has 2 rings (SSSR count). The van der Waals surface area contributed by atoms with Gasteiger partial charge in [0.15, 0.2) is 5.82 Å². The molecule has 1 aromatic heterocycles. The van der Waals surface area contributed by atoms with E-state index in [0.29, 0.717) is 18.0 Å². The normalized spacial score (nSPS) is 19.6. The molecular weight excluding hydrogens is 307 g/mol. The van der Waals surface area contributed by atoms with Crippen LogP contribution in [0.5, 0.6) is 0 Å². The van der Waals surface area contributed by atoms with Crippen LogP contribution < -0.4 is 10.6 Å². The second kappa shape index (κ2) is 6.08. The molecule has 1 aliphatic heterocycles. The molecule has 1 unspecified atom stereocenters. The molecule has 1 saturated heterocycles. The van der Waals surface area contributed by atoms with Crippen molar-refractivity contribution in [3.8, 4) is 0 Å². The van der Waals surface area contributed by atoms with Gasteiger partial charge in [-0.2, -0.15) is 17.5 Å². The van der Waals surface area contributed by atoms with Crippen molar-refractivity contribution in [2.75, 3.05) is 30.3 Å². The highest BCUT2D eigenvalue weighted by Crippen LogP contribution is 2.38. The number of hydrogen-bond donors (Lipinski definition) is 1. The van der Waals surface area contributed by atoms with Crippen LogP contribution >= 0.6 is 11.5 Å². The van der Waals surface area contributed by atoms with Crippen LogP contribution in [0.4, 0.5) is 24.0 Å². The van der Waals surface area contributed by atoms with Gasteiger partial charge in [0.25, 0.3) is 0 Å². The fraction of sp³-hybridized carbons (Fsp3) is 0.667. The first-order valence-electron chi connectivity index (χ1n) is 6.58. The maximum Gasteiger partial charge on any atom is 0.393 e. The summed E-state index contributed by atoms with van der Waals surface area (Å²) >= 11 is 0.932. The first-order valence-corrected chi connectivity index (χ1v) is 7.35. The molecule has 118 valence electrons. The molecule has 1 aromatic rings. The van der Waals surface area contributed by atoms with Crippen molar-refractivity contribution in [2.45, 2.75) is 25.9 Å². The van der Waals surface area contributed by atoms with E-state index in [1.165, 1.54) is 4.90 Å². The van der Waals surface area contributed by atoms with E-state index in [-0.39, 0.29) is 31.0 Å². The average molecular weight is 323 g/mol. The summed E-state index contributed by atoms with van der Waals surface area (Å²) in [6.45, 7) is 2.07. The Bertz CT molecular complexity index is 518. The number of aromatic nitrogens is 1. The Kier molecular flexibility index (Phi) is 4.60. The number of nitrogens with zero attached hydrogens (tertiary/aromatic N) is 2. The largest absolute Gasteiger partial charge is 0.462 e. The van der Waals surface area contributed by atoms with E-state index in [4.69, 9.17) is 10.5 Å². The van der Waals surface area contributed by atoms with E-state index in [2.05, 4.69) is 4.37 Å². The summed E-state index contributed by atoms with van der Waals surface area (Å²) in [4.78, 5) is 13.4. The van der Waals surface area contributed by atoms with Crippen LogP contribution in [0.1, 0.15) is 30.1 Å². The Morgan fingerprint density at radius 3 is 2.90 bits per heavy atom. The zero-order valence-corrected chi connectivity index (χ0v) is 12.3. The van der Waals surface area contributed by atoms with Crippen molar-refractivity contribution in [1.82, 2.24) is 4.37 Å². The Balaban J connectivity index is 2.24. The van der Waals surface area contributed by atoms with Crippen LogP contribution in [0.3, 0.4) is 0 Å². The van der Waals surface area contributed by atoms with Gasteiger partial charge < -0.3 is 15.4 Å². The number of rotatable bonds is 3. The summed E-state index contributed by atoms with van der Waals surface area (Å²) in [5.41, 5.74) is 5.72. The summed E-state index contributed by atoms with van der Waals surface area (Å²) < 4.78 is 47.4. The number of piperidine rings is 1. The Morgan fingerprint density at radius 2 is 2.29 bits per heavy atom. The van der Waals surface area contributed by atoms with Crippen molar-refractivity contribution < 1.29 is 22.7 Å². The minimum Gasteiger partial charge on any atom is -0.462 e. The Labute approximate surface area is 124 Å². The van der Waals surface area contributed by atoms with Crippen LogP contribution in [0.25, 0.3) is 0 Å². The average Bonchev–Trinajstić information content (AvgIpc) is 2.80. The second-order valence-corrected chi connectivity index (χ2v) is 5.55. The van der Waals surface area contributed by atoms with E-state index >= 15 is 0 Å². The predicted molar refractivity (Wildman–Crippen MR) is 73.5 cm³/mol. The first kappa shape index (κ1) is 15.9. The van der Waals surface area contributed by atoms with Crippen LogP contribution in [0.15, 0.2) is 0 Å². The number of esters is 1. The Morgan fingerprint density at radius 1 is 1.57 bits per heavy atom. The number of anilines is 2. The third-order valence-corrected chi connectivity index (χ3v) is 4.27. The number of carbonyl (C=O) groups is 1. The molecule has 0 aromatic carbocycles. The predicted octanol–water partition coefficient (Wildman–Crippen LogP) is 2.68. The number of hydrogen-bond acceptors (Lipinski definition) is 6. The highest BCUT2D eigenvalue weighted by atomic mass is 32.1. The van der Waals surface area contributed by atoms with Crippen LogP contribution in [0.2, 0.25) is 0 Å². The lowest BCUT2D eigenvalue weighted by Gasteiger charge is -2.34. The van der Waals surface area contributed by atoms with E-state index in [0.717, 1.165) is 11.5 Å². The van der Waals surface area contributed by atoms with Gasteiger partial charge in [-0.25, -0.2) is 4.79 Å². The van der Waals surface area contributed by atoms with Gasteiger partial charge in [0, 0.05) is 13.1 Å². The van der Waals surface area contributed by atoms with E-state index in [1.807, 2.05) is 0 Å². The molecule has 9 heteroatoms. The van der Waals surface area contributed by atoms with Crippen molar-refractivity contribution in [3.05, 3.63) is 5.56 Å². The van der Waals surface area contributed by atoms with Gasteiger partial charge in [-0.05, 0) is 31.3 Å². The molecule has 0 aliphatic carbocycles. The minimum atomic E-state index is -4.24. The third kappa shape index (κ3) is 3.39. The number of ether oxygens (including phenoxy) is 1. The van der Waals surface area contributed by atoms with Gasteiger partial charge in [0.05, 0.1) is 12.5 Å². The van der Waals surface area contributed by atoms with E-state index in [1.54, 1.807) is 6.92 Å². The monoisotopic (exact) mass is 323 g/mol. The molecule has 1 fully saturated rings.